The van der Waals surface area contributed by atoms with Gasteiger partial charge in [0, 0.05) is 33.5 Å². The summed E-state index contributed by atoms with van der Waals surface area (Å²) >= 11 is 6.96. The SMILES string of the molecule is N#Cc1cn(-c2ccc(C(=O)NC(C(=O)O)c3ccc(Cl)s3)cc2)c(=O)c2c1C=CCC2. The van der Waals surface area contributed by atoms with Crippen molar-refractivity contribution in [1.29, 1.82) is 5.26 Å². The zero-order chi connectivity index (χ0) is 22.8. The van der Waals surface area contributed by atoms with E-state index in [2.05, 4.69) is 11.4 Å². The van der Waals surface area contributed by atoms with Crippen molar-refractivity contribution < 1.29 is 14.7 Å². The number of carboxylic acid groups (broad SMARTS) is 1. The maximum Gasteiger partial charge on any atom is 0.331 e. The van der Waals surface area contributed by atoms with E-state index in [4.69, 9.17) is 11.6 Å². The number of nitrogens with one attached hydrogen (secondary N) is 1. The molecule has 1 aromatic carbocycles. The van der Waals surface area contributed by atoms with Crippen LogP contribution in [0.4, 0.5) is 0 Å². The summed E-state index contributed by atoms with van der Waals surface area (Å²) in [5.74, 6) is -1.78. The van der Waals surface area contributed by atoms with Crippen molar-refractivity contribution in [2.45, 2.75) is 18.9 Å². The van der Waals surface area contributed by atoms with Gasteiger partial charge in [-0.05, 0) is 49.2 Å². The Morgan fingerprint density at radius 2 is 1.97 bits per heavy atom. The number of benzene rings is 1. The number of aliphatic carboxylic acids is 1. The second kappa shape index (κ2) is 8.83. The topological polar surface area (TPSA) is 112 Å². The van der Waals surface area contributed by atoms with Crippen molar-refractivity contribution in [2.24, 2.45) is 0 Å². The highest BCUT2D eigenvalue weighted by Crippen LogP contribution is 2.27. The van der Waals surface area contributed by atoms with Crippen molar-refractivity contribution in [3.05, 3.63) is 90.5 Å². The molecular weight excluding hydrogens is 450 g/mol. The standard InChI is InChI=1S/C23H16ClN3O4S/c24-19-10-9-18(32-19)20(23(30)31)26-21(28)13-5-7-15(8-6-13)27-12-14(11-25)16-3-1-2-4-17(16)22(27)29/h1,3,5-10,12,20H,2,4H2,(H,26,28)(H,30,31). The van der Waals surface area contributed by atoms with Gasteiger partial charge in [-0.1, -0.05) is 23.8 Å². The summed E-state index contributed by atoms with van der Waals surface area (Å²) in [5.41, 5.74) is 2.17. The van der Waals surface area contributed by atoms with Gasteiger partial charge in [-0.3, -0.25) is 14.2 Å². The number of carboxylic acids is 1. The van der Waals surface area contributed by atoms with E-state index >= 15 is 0 Å². The first-order valence-corrected chi connectivity index (χ1v) is 10.8. The molecule has 2 N–H and O–H groups in total. The lowest BCUT2D eigenvalue weighted by Gasteiger charge is -2.16. The second-order valence-electron chi connectivity index (χ2n) is 7.10. The molecule has 0 saturated heterocycles. The van der Waals surface area contributed by atoms with E-state index in [0.29, 0.717) is 38.0 Å². The Morgan fingerprint density at radius 3 is 2.59 bits per heavy atom. The minimum absolute atomic E-state index is 0.207. The fraction of sp³-hybridized carbons (Fsp3) is 0.130. The zero-order valence-corrected chi connectivity index (χ0v) is 18.1. The number of hydrogen-bond donors (Lipinski definition) is 2. The first-order valence-electron chi connectivity index (χ1n) is 9.63. The molecule has 32 heavy (non-hydrogen) atoms. The molecule has 0 spiro atoms. The molecule has 0 aliphatic heterocycles. The molecule has 4 rings (SSSR count). The van der Waals surface area contributed by atoms with Gasteiger partial charge < -0.3 is 10.4 Å². The normalized spacial score (nSPS) is 13.1. The van der Waals surface area contributed by atoms with E-state index < -0.39 is 17.9 Å². The molecule has 1 atom stereocenters. The summed E-state index contributed by atoms with van der Waals surface area (Å²) in [6.07, 6.45) is 6.53. The quantitative estimate of drug-likeness (QED) is 0.592. The number of halogens is 1. The van der Waals surface area contributed by atoms with Crippen LogP contribution in [0.3, 0.4) is 0 Å². The second-order valence-corrected chi connectivity index (χ2v) is 8.84. The monoisotopic (exact) mass is 465 g/mol. The van der Waals surface area contributed by atoms with Gasteiger partial charge in [-0.15, -0.1) is 11.3 Å². The van der Waals surface area contributed by atoms with Crippen LogP contribution in [0.5, 0.6) is 0 Å². The van der Waals surface area contributed by atoms with E-state index in [-0.39, 0.29) is 11.1 Å². The number of nitrogens with zero attached hydrogens (tertiary/aromatic N) is 2. The van der Waals surface area contributed by atoms with Crippen molar-refractivity contribution in [3.8, 4) is 11.8 Å². The van der Waals surface area contributed by atoms with Gasteiger partial charge in [0.25, 0.3) is 11.5 Å². The largest absolute Gasteiger partial charge is 0.479 e. The van der Waals surface area contributed by atoms with E-state index in [0.717, 1.165) is 17.8 Å². The van der Waals surface area contributed by atoms with Crippen LogP contribution in [0.15, 0.2) is 53.5 Å². The van der Waals surface area contributed by atoms with E-state index in [1.165, 1.54) is 22.9 Å². The number of carbonyl (C=O) groups excluding carboxylic acids is 1. The van der Waals surface area contributed by atoms with Gasteiger partial charge in [0.2, 0.25) is 0 Å². The number of aromatic nitrogens is 1. The maximum atomic E-state index is 12.9. The molecule has 1 aliphatic rings. The number of fused-ring (bicyclic) bond motifs is 1. The number of carbonyl (C=O) groups is 2. The number of nitriles is 1. The van der Waals surface area contributed by atoms with Gasteiger partial charge >= 0.3 is 5.97 Å². The lowest BCUT2D eigenvalue weighted by atomic mass is 9.95. The molecule has 1 amide bonds. The number of pyridine rings is 1. The van der Waals surface area contributed by atoms with Gasteiger partial charge in [0.15, 0.2) is 6.04 Å². The van der Waals surface area contributed by atoms with Gasteiger partial charge in [-0.25, -0.2) is 4.79 Å². The van der Waals surface area contributed by atoms with Gasteiger partial charge in [-0.2, -0.15) is 5.26 Å². The Kier molecular flexibility index (Phi) is 5.95. The fourth-order valence-corrected chi connectivity index (χ4v) is 4.65. The highest BCUT2D eigenvalue weighted by molar-refractivity contribution is 7.16. The van der Waals surface area contributed by atoms with Gasteiger partial charge in [0.1, 0.15) is 6.07 Å². The van der Waals surface area contributed by atoms with Crippen LogP contribution in [0, 0.1) is 11.3 Å². The molecule has 2 aromatic heterocycles. The average molecular weight is 466 g/mol. The Bertz CT molecular complexity index is 1350. The smallest absolute Gasteiger partial charge is 0.331 e. The van der Waals surface area contributed by atoms with Crippen molar-refractivity contribution in [2.75, 3.05) is 0 Å². The summed E-state index contributed by atoms with van der Waals surface area (Å²) < 4.78 is 1.82. The summed E-state index contributed by atoms with van der Waals surface area (Å²) in [4.78, 5) is 37.6. The zero-order valence-electron chi connectivity index (χ0n) is 16.5. The van der Waals surface area contributed by atoms with Crippen molar-refractivity contribution in [1.82, 2.24) is 9.88 Å². The number of amides is 1. The minimum Gasteiger partial charge on any atom is -0.479 e. The van der Waals surface area contributed by atoms with Crippen LogP contribution >= 0.6 is 22.9 Å². The molecule has 3 aromatic rings. The molecule has 0 bridgehead atoms. The lowest BCUT2D eigenvalue weighted by Crippen LogP contribution is -2.33. The summed E-state index contributed by atoms with van der Waals surface area (Å²) in [5, 5.41) is 21.5. The molecule has 0 fully saturated rings. The summed E-state index contributed by atoms with van der Waals surface area (Å²) in [6.45, 7) is 0. The summed E-state index contributed by atoms with van der Waals surface area (Å²) in [7, 11) is 0. The number of rotatable bonds is 5. The molecule has 7 nitrogen and oxygen atoms in total. The Morgan fingerprint density at radius 1 is 1.22 bits per heavy atom. The van der Waals surface area contributed by atoms with Crippen LogP contribution in [-0.4, -0.2) is 21.6 Å². The molecule has 1 aliphatic carbocycles. The third-order valence-electron chi connectivity index (χ3n) is 5.12. The van der Waals surface area contributed by atoms with Crippen LogP contribution in [0.2, 0.25) is 4.34 Å². The maximum absolute atomic E-state index is 12.9. The molecule has 0 saturated carbocycles. The molecule has 2 heterocycles. The van der Waals surface area contributed by atoms with E-state index in [1.54, 1.807) is 30.3 Å². The van der Waals surface area contributed by atoms with Crippen LogP contribution in [-0.2, 0) is 11.2 Å². The predicted octanol–water partition coefficient (Wildman–Crippen LogP) is 3.94. The van der Waals surface area contributed by atoms with Crippen LogP contribution < -0.4 is 10.9 Å². The van der Waals surface area contributed by atoms with Crippen molar-refractivity contribution >= 4 is 40.9 Å². The lowest BCUT2D eigenvalue weighted by molar-refractivity contribution is -0.139. The van der Waals surface area contributed by atoms with Crippen LogP contribution in [0.25, 0.3) is 11.8 Å². The third kappa shape index (κ3) is 4.08. The summed E-state index contributed by atoms with van der Waals surface area (Å²) in [6, 6.07) is 10.2. The molecule has 1 unspecified atom stereocenters. The number of thiophene rings is 1. The van der Waals surface area contributed by atoms with Crippen molar-refractivity contribution in [3.63, 3.8) is 0 Å². The Hall–Kier alpha value is -3.67. The molecular formula is C23H16ClN3O4S. The highest BCUT2D eigenvalue weighted by atomic mass is 35.5. The minimum atomic E-state index is -1.23. The van der Waals surface area contributed by atoms with E-state index in [9.17, 15) is 24.8 Å². The molecule has 9 heteroatoms. The third-order valence-corrected chi connectivity index (χ3v) is 6.42. The van der Waals surface area contributed by atoms with E-state index in [1.807, 2.05) is 6.08 Å². The van der Waals surface area contributed by atoms with Gasteiger partial charge in [0.05, 0.1) is 9.90 Å². The molecule has 160 valence electrons. The highest BCUT2D eigenvalue weighted by Gasteiger charge is 2.24. The first-order chi connectivity index (χ1) is 15.4. The number of allylic oxidation sites excluding steroid dienone is 1. The van der Waals surface area contributed by atoms with Crippen LogP contribution in [0.1, 0.15) is 44.4 Å². The predicted molar refractivity (Wildman–Crippen MR) is 121 cm³/mol. The fourth-order valence-electron chi connectivity index (χ4n) is 3.55. The molecule has 0 radical (unpaired) electrons. The average Bonchev–Trinajstić information content (AvgIpc) is 3.23. The Labute approximate surface area is 191 Å². The first kappa shape index (κ1) is 21.6. The number of hydrogen-bond acceptors (Lipinski definition) is 5. The Balaban J connectivity index is 1.62.